The summed E-state index contributed by atoms with van der Waals surface area (Å²) in [6, 6.07) is 0.826. The van der Waals surface area contributed by atoms with Crippen LogP contribution in [0.4, 0.5) is 18.9 Å². The summed E-state index contributed by atoms with van der Waals surface area (Å²) in [4.78, 5) is 15.9. The van der Waals surface area contributed by atoms with Gasteiger partial charge in [-0.05, 0) is 18.9 Å². The first kappa shape index (κ1) is 17.3. The average molecular weight is 334 g/mol. The molecule has 1 saturated heterocycles. The molecule has 0 aromatic carbocycles. The Labute approximate surface area is 130 Å². The fourth-order valence-electron chi connectivity index (χ4n) is 2.60. The van der Waals surface area contributed by atoms with Gasteiger partial charge in [0.2, 0.25) is 5.88 Å². The lowest BCUT2D eigenvalue weighted by atomic mass is 10.2. The quantitative estimate of drug-likeness (QED) is 0.860. The van der Waals surface area contributed by atoms with Crippen molar-refractivity contribution in [2.45, 2.75) is 25.1 Å². The highest BCUT2D eigenvalue weighted by Gasteiger charge is 2.37. The van der Waals surface area contributed by atoms with Gasteiger partial charge in [0, 0.05) is 6.54 Å². The summed E-state index contributed by atoms with van der Waals surface area (Å²) in [6.45, 7) is 0.269. The molecule has 1 N–H and O–H groups in total. The predicted octanol–water partition coefficient (Wildman–Crippen LogP) is 2.18. The van der Waals surface area contributed by atoms with Crippen LogP contribution in [0, 0.1) is 0 Å². The molecule has 23 heavy (non-hydrogen) atoms. The molecule has 1 aromatic rings. The Hall–Kier alpha value is -2.03. The van der Waals surface area contributed by atoms with Crippen molar-refractivity contribution >= 4 is 11.7 Å². The number of anilines is 1. The topological polar surface area (TPSA) is 71.9 Å². The Morgan fingerprint density at radius 3 is 2.87 bits per heavy atom. The molecule has 128 valence electrons. The lowest BCUT2D eigenvalue weighted by Gasteiger charge is -2.27. The number of aromatic nitrogens is 1. The maximum Gasteiger partial charge on any atom is 0.421 e. The zero-order valence-corrected chi connectivity index (χ0v) is 12.5. The number of aliphatic carboxylic acids is 1. The molecule has 0 spiro atoms. The first-order valence-corrected chi connectivity index (χ1v) is 7.00. The molecular formula is C14H17F3N2O4. The van der Waals surface area contributed by atoms with Crippen LogP contribution in [0.25, 0.3) is 0 Å². The van der Waals surface area contributed by atoms with Crippen LogP contribution in [-0.4, -0.2) is 49.0 Å². The van der Waals surface area contributed by atoms with E-state index in [4.69, 9.17) is 9.84 Å². The smallest absolute Gasteiger partial charge is 0.421 e. The third-order valence-electron chi connectivity index (χ3n) is 3.58. The molecule has 2 heterocycles. The third kappa shape index (κ3) is 4.25. The van der Waals surface area contributed by atoms with Gasteiger partial charge in [-0.15, -0.1) is 0 Å². The number of hydrogen-bond donors (Lipinski definition) is 1. The first-order chi connectivity index (χ1) is 10.8. The Bertz CT molecular complexity index is 565. The monoisotopic (exact) mass is 334 g/mol. The van der Waals surface area contributed by atoms with Gasteiger partial charge in [-0.2, -0.15) is 13.2 Å². The first-order valence-electron chi connectivity index (χ1n) is 7.00. The van der Waals surface area contributed by atoms with Gasteiger partial charge in [0.05, 0.1) is 31.6 Å². The van der Waals surface area contributed by atoms with Crippen molar-refractivity contribution < 1.29 is 32.5 Å². The minimum absolute atomic E-state index is 0.139. The summed E-state index contributed by atoms with van der Waals surface area (Å²) in [6.07, 6.45) is -1.74. The van der Waals surface area contributed by atoms with Crippen LogP contribution >= 0.6 is 0 Å². The molecule has 0 amide bonds. The van der Waals surface area contributed by atoms with Crippen LogP contribution in [-0.2, 0) is 15.7 Å². The summed E-state index contributed by atoms with van der Waals surface area (Å²) in [5.41, 5.74) is -0.617. The van der Waals surface area contributed by atoms with Gasteiger partial charge in [-0.3, -0.25) is 0 Å². The minimum Gasteiger partial charge on any atom is -0.481 e. The van der Waals surface area contributed by atoms with Gasteiger partial charge in [0.15, 0.2) is 0 Å². The number of ether oxygens (including phenoxy) is 2. The van der Waals surface area contributed by atoms with Crippen molar-refractivity contribution in [1.29, 1.82) is 0 Å². The lowest BCUT2D eigenvalue weighted by Crippen LogP contribution is -2.34. The van der Waals surface area contributed by atoms with E-state index in [1.807, 2.05) is 0 Å². The lowest BCUT2D eigenvalue weighted by molar-refractivity contribution is -0.142. The average Bonchev–Trinajstić information content (AvgIpc) is 2.93. The zero-order valence-electron chi connectivity index (χ0n) is 12.5. The van der Waals surface area contributed by atoms with Crippen LogP contribution in [0.1, 0.15) is 18.4 Å². The number of halogens is 3. The second-order valence-electron chi connectivity index (χ2n) is 5.15. The Morgan fingerprint density at radius 2 is 2.26 bits per heavy atom. The van der Waals surface area contributed by atoms with E-state index in [2.05, 4.69) is 9.72 Å². The standard InChI is InChI=1S/C14H17F3N2O4/c1-22-13-11(14(15,16)17)5-10(6-18-13)19-4-2-3-9(19)7-23-8-12(20)21/h5-6,9H,2-4,7-8H2,1H3,(H,20,21). The Kier molecular flexibility index (Phi) is 5.30. The van der Waals surface area contributed by atoms with E-state index < -0.39 is 30.2 Å². The number of carboxylic acid groups (broad SMARTS) is 1. The van der Waals surface area contributed by atoms with Gasteiger partial charge >= 0.3 is 12.1 Å². The second kappa shape index (κ2) is 7.03. The van der Waals surface area contributed by atoms with Crippen molar-refractivity contribution in [3.8, 4) is 5.88 Å². The van der Waals surface area contributed by atoms with Gasteiger partial charge in [0.25, 0.3) is 0 Å². The summed E-state index contributed by atoms with van der Waals surface area (Å²) >= 11 is 0. The normalized spacial score (nSPS) is 18.3. The van der Waals surface area contributed by atoms with E-state index in [0.29, 0.717) is 18.7 Å². The number of methoxy groups -OCH3 is 1. The van der Waals surface area contributed by atoms with E-state index in [9.17, 15) is 18.0 Å². The summed E-state index contributed by atoms with van der Waals surface area (Å²) < 4.78 is 48.9. The van der Waals surface area contributed by atoms with Gasteiger partial charge < -0.3 is 19.5 Å². The van der Waals surface area contributed by atoms with E-state index in [-0.39, 0.29) is 12.6 Å². The van der Waals surface area contributed by atoms with Crippen molar-refractivity contribution in [2.75, 3.05) is 31.8 Å². The molecule has 1 unspecified atom stereocenters. The molecule has 9 heteroatoms. The van der Waals surface area contributed by atoms with E-state index >= 15 is 0 Å². The molecule has 1 aliphatic heterocycles. The molecular weight excluding hydrogens is 317 g/mol. The molecule has 1 aromatic heterocycles. The molecule has 0 radical (unpaired) electrons. The van der Waals surface area contributed by atoms with E-state index in [1.54, 1.807) is 4.90 Å². The van der Waals surface area contributed by atoms with Crippen molar-refractivity contribution in [3.05, 3.63) is 17.8 Å². The van der Waals surface area contributed by atoms with E-state index in [1.165, 1.54) is 6.20 Å². The molecule has 0 bridgehead atoms. The number of carbonyl (C=O) groups is 1. The highest BCUT2D eigenvalue weighted by atomic mass is 19.4. The van der Waals surface area contributed by atoms with Crippen LogP contribution < -0.4 is 9.64 Å². The number of carboxylic acids is 1. The van der Waals surface area contributed by atoms with E-state index in [0.717, 1.165) is 19.6 Å². The van der Waals surface area contributed by atoms with Crippen LogP contribution in [0.3, 0.4) is 0 Å². The second-order valence-corrected chi connectivity index (χ2v) is 5.15. The van der Waals surface area contributed by atoms with Crippen LogP contribution in [0.5, 0.6) is 5.88 Å². The summed E-state index contributed by atoms with van der Waals surface area (Å²) in [7, 11) is 1.13. The van der Waals surface area contributed by atoms with Crippen LogP contribution in [0.2, 0.25) is 0 Å². The van der Waals surface area contributed by atoms with Crippen LogP contribution in [0.15, 0.2) is 12.3 Å². The number of nitrogens with zero attached hydrogens (tertiary/aromatic N) is 2. The molecule has 1 atom stereocenters. The number of alkyl halides is 3. The van der Waals surface area contributed by atoms with Gasteiger partial charge in [0.1, 0.15) is 12.2 Å². The fraction of sp³-hybridized carbons (Fsp3) is 0.571. The SMILES string of the molecule is COc1ncc(N2CCCC2COCC(=O)O)cc1C(F)(F)F. The zero-order chi connectivity index (χ0) is 17.0. The number of rotatable bonds is 6. The van der Waals surface area contributed by atoms with Crippen molar-refractivity contribution in [1.82, 2.24) is 4.98 Å². The maximum atomic E-state index is 13.1. The van der Waals surface area contributed by atoms with Gasteiger partial charge in [-0.25, -0.2) is 9.78 Å². The molecule has 6 nitrogen and oxygen atoms in total. The molecule has 1 aliphatic rings. The number of hydrogen-bond acceptors (Lipinski definition) is 5. The highest BCUT2D eigenvalue weighted by molar-refractivity contribution is 5.68. The molecule has 2 rings (SSSR count). The van der Waals surface area contributed by atoms with Crippen molar-refractivity contribution in [2.24, 2.45) is 0 Å². The fourth-order valence-corrected chi connectivity index (χ4v) is 2.60. The Balaban J connectivity index is 2.18. The van der Waals surface area contributed by atoms with Gasteiger partial charge in [-0.1, -0.05) is 0 Å². The highest BCUT2D eigenvalue weighted by Crippen LogP contribution is 2.38. The Morgan fingerprint density at radius 1 is 1.52 bits per heavy atom. The third-order valence-corrected chi connectivity index (χ3v) is 3.58. The summed E-state index contributed by atoms with van der Waals surface area (Å²) in [5.74, 6) is -1.56. The minimum atomic E-state index is -4.57. The molecule has 0 saturated carbocycles. The largest absolute Gasteiger partial charge is 0.481 e. The predicted molar refractivity (Wildman–Crippen MR) is 74.6 cm³/mol. The van der Waals surface area contributed by atoms with Crippen molar-refractivity contribution in [3.63, 3.8) is 0 Å². The maximum absolute atomic E-state index is 13.1. The molecule has 0 aliphatic carbocycles. The molecule has 1 fully saturated rings. The number of pyridine rings is 1. The summed E-state index contributed by atoms with van der Waals surface area (Å²) in [5, 5.41) is 8.57.